The number of aromatic nitrogens is 2. The van der Waals surface area contributed by atoms with Crippen LogP contribution in [-0.4, -0.2) is 63.8 Å². The van der Waals surface area contributed by atoms with E-state index < -0.39 is 67.3 Å². The van der Waals surface area contributed by atoms with E-state index in [1.807, 2.05) is 0 Å². The first-order chi connectivity index (χ1) is 15.5. The van der Waals surface area contributed by atoms with Crippen LogP contribution in [0.2, 0.25) is 0 Å². The Bertz CT molecular complexity index is 921. The largest absolute Gasteiger partial charge is 0.463 e. The molecule has 2 N–H and O–H groups in total. The number of ether oxygens (including phenoxy) is 4. The molecule has 1 aromatic rings. The Hall–Kier alpha value is -3.20. The molecule has 1 aliphatic heterocycles. The Morgan fingerprint density at radius 3 is 2.33 bits per heavy atom. The van der Waals surface area contributed by atoms with Crippen molar-refractivity contribution < 1.29 is 51.7 Å². The van der Waals surface area contributed by atoms with Gasteiger partial charge in [0.15, 0.2) is 24.3 Å². The number of halogens is 3. The summed E-state index contributed by atoms with van der Waals surface area (Å²) >= 11 is 0. The monoisotopic (exact) mass is 481 g/mol. The quantitative estimate of drug-likeness (QED) is 0.296. The van der Waals surface area contributed by atoms with Crippen LogP contribution < -0.4 is 11.2 Å². The fourth-order valence-electron chi connectivity index (χ4n) is 2.87. The molecule has 184 valence electrons. The second-order valence-electron chi connectivity index (χ2n) is 6.77. The highest BCUT2D eigenvalue weighted by atomic mass is 19.4. The Labute approximate surface area is 184 Å². The van der Waals surface area contributed by atoms with Crippen molar-refractivity contribution in [2.45, 2.75) is 63.8 Å². The van der Waals surface area contributed by atoms with Crippen LogP contribution in [0.4, 0.5) is 19.0 Å². The van der Waals surface area contributed by atoms with Gasteiger partial charge in [-0.15, -0.1) is 0 Å². The number of nitrogens with one attached hydrogen (secondary N) is 1. The molecule has 2 rings (SSSR count). The lowest BCUT2D eigenvalue weighted by Gasteiger charge is -2.25. The van der Waals surface area contributed by atoms with E-state index >= 15 is 0 Å². The van der Waals surface area contributed by atoms with E-state index in [0.717, 1.165) is 16.8 Å². The summed E-state index contributed by atoms with van der Waals surface area (Å²) in [6.07, 6.45) is -12.0. The van der Waals surface area contributed by atoms with Crippen molar-refractivity contribution in [2.75, 3.05) is 12.1 Å². The minimum atomic E-state index is -4.88. The highest BCUT2D eigenvalue weighted by Crippen LogP contribution is 2.35. The van der Waals surface area contributed by atoms with Gasteiger partial charge in [-0.05, 0) is 6.07 Å². The van der Waals surface area contributed by atoms with Gasteiger partial charge in [-0.25, -0.2) is 4.79 Å². The second kappa shape index (κ2) is 11.1. The molecule has 1 saturated heterocycles. The van der Waals surface area contributed by atoms with Crippen LogP contribution >= 0.6 is 0 Å². The molecule has 1 aromatic heterocycles. The minimum Gasteiger partial charge on any atom is -0.463 e. The topological polar surface area (TPSA) is 155 Å². The van der Waals surface area contributed by atoms with E-state index in [-0.39, 0.29) is 18.7 Å². The highest BCUT2D eigenvalue weighted by molar-refractivity contribution is 5.71. The Morgan fingerprint density at radius 2 is 1.79 bits per heavy atom. The van der Waals surface area contributed by atoms with Crippen LogP contribution in [0.25, 0.3) is 0 Å². The van der Waals surface area contributed by atoms with Gasteiger partial charge in [0.1, 0.15) is 19.1 Å². The summed E-state index contributed by atoms with van der Waals surface area (Å²) in [7, 11) is 0. The summed E-state index contributed by atoms with van der Waals surface area (Å²) in [5, 5.41) is 8.88. The summed E-state index contributed by atoms with van der Waals surface area (Å²) in [6, 6.07) is 1.12. The standard InChI is InChI=1S/C18H22F3N3O9/c1-3-11(25)30-8-9-14(32-12(26)4-2)15(33-13(27)7-18(19,20)21)16(31-9)24-6-5-10(23-29)22-17(24)28/h5-6,9,14-16,29H,3-4,7-8H2,1-2H3,(H,22,23,28)/t9-,14-,15-,16-/m1/s1. The Kier molecular flexibility index (Phi) is 8.76. The van der Waals surface area contributed by atoms with Gasteiger partial charge in [0, 0.05) is 19.0 Å². The third kappa shape index (κ3) is 7.15. The number of rotatable bonds is 9. The molecule has 0 radical (unpaired) electrons. The SMILES string of the molecule is CCC(=O)OC[C@H]1O[C@@H](n2ccc(NO)nc2=O)[C@H](OC(=O)CC(F)(F)F)[C@@H]1OC(=O)CC. The summed E-state index contributed by atoms with van der Waals surface area (Å²) in [5.74, 6) is -3.41. The lowest BCUT2D eigenvalue weighted by Crippen LogP contribution is -2.42. The van der Waals surface area contributed by atoms with Gasteiger partial charge < -0.3 is 18.9 Å². The molecule has 0 bridgehead atoms. The molecule has 0 unspecified atom stereocenters. The molecule has 0 aromatic carbocycles. The third-order valence-electron chi connectivity index (χ3n) is 4.37. The zero-order valence-electron chi connectivity index (χ0n) is 17.5. The van der Waals surface area contributed by atoms with Gasteiger partial charge in [-0.2, -0.15) is 18.2 Å². The minimum absolute atomic E-state index is 0.00143. The molecule has 0 spiro atoms. The molecule has 0 saturated carbocycles. The van der Waals surface area contributed by atoms with Crippen LogP contribution in [0.1, 0.15) is 39.3 Å². The fourth-order valence-corrected chi connectivity index (χ4v) is 2.87. The molecule has 0 aliphatic carbocycles. The molecule has 12 nitrogen and oxygen atoms in total. The van der Waals surface area contributed by atoms with Gasteiger partial charge in [0.2, 0.25) is 0 Å². The van der Waals surface area contributed by atoms with E-state index in [4.69, 9.17) is 24.2 Å². The molecule has 4 atom stereocenters. The summed E-state index contributed by atoms with van der Waals surface area (Å²) < 4.78 is 59.5. The number of hydrogen-bond donors (Lipinski definition) is 2. The maximum absolute atomic E-state index is 12.7. The first-order valence-electron chi connectivity index (χ1n) is 9.75. The van der Waals surface area contributed by atoms with Crippen LogP contribution in [-0.2, 0) is 33.3 Å². The van der Waals surface area contributed by atoms with Crippen molar-refractivity contribution in [3.8, 4) is 0 Å². The second-order valence-corrected chi connectivity index (χ2v) is 6.77. The van der Waals surface area contributed by atoms with Crippen LogP contribution in [0.5, 0.6) is 0 Å². The average molecular weight is 481 g/mol. The maximum Gasteiger partial charge on any atom is 0.399 e. The van der Waals surface area contributed by atoms with E-state index in [2.05, 4.69) is 4.98 Å². The molecular formula is C18H22F3N3O9. The van der Waals surface area contributed by atoms with Gasteiger partial charge >= 0.3 is 29.8 Å². The van der Waals surface area contributed by atoms with Gasteiger partial charge in [0.05, 0.1) is 0 Å². The van der Waals surface area contributed by atoms with E-state index in [0.29, 0.717) is 0 Å². The molecule has 15 heteroatoms. The van der Waals surface area contributed by atoms with Crippen LogP contribution in [0.3, 0.4) is 0 Å². The molecule has 1 fully saturated rings. The first-order valence-corrected chi connectivity index (χ1v) is 9.75. The van der Waals surface area contributed by atoms with Crippen molar-refractivity contribution in [2.24, 2.45) is 0 Å². The van der Waals surface area contributed by atoms with Crippen LogP contribution in [0.15, 0.2) is 17.1 Å². The first kappa shape index (κ1) is 26.1. The number of carbonyl (C=O) groups excluding carboxylic acids is 3. The molecule has 1 aliphatic rings. The lowest BCUT2D eigenvalue weighted by atomic mass is 10.1. The van der Waals surface area contributed by atoms with Crippen molar-refractivity contribution in [1.29, 1.82) is 0 Å². The predicted octanol–water partition coefficient (Wildman–Crippen LogP) is 1.08. The van der Waals surface area contributed by atoms with Gasteiger partial charge in [-0.1, -0.05) is 13.8 Å². The molecule has 0 amide bonds. The molecule has 2 heterocycles. The van der Waals surface area contributed by atoms with Gasteiger partial charge in [-0.3, -0.25) is 29.6 Å². The smallest absolute Gasteiger partial charge is 0.399 e. The van der Waals surface area contributed by atoms with Crippen molar-refractivity contribution >= 4 is 23.7 Å². The number of nitrogens with zero attached hydrogens (tertiary/aromatic N) is 2. The number of anilines is 1. The summed E-state index contributed by atoms with van der Waals surface area (Å²) in [4.78, 5) is 51.3. The zero-order chi connectivity index (χ0) is 24.8. The van der Waals surface area contributed by atoms with Crippen molar-refractivity contribution in [3.63, 3.8) is 0 Å². The van der Waals surface area contributed by atoms with Crippen molar-refractivity contribution in [3.05, 3.63) is 22.7 Å². The van der Waals surface area contributed by atoms with E-state index in [1.165, 1.54) is 13.8 Å². The van der Waals surface area contributed by atoms with E-state index in [9.17, 15) is 32.3 Å². The maximum atomic E-state index is 12.7. The fraction of sp³-hybridized carbons (Fsp3) is 0.611. The predicted molar refractivity (Wildman–Crippen MR) is 99.8 cm³/mol. The van der Waals surface area contributed by atoms with Crippen molar-refractivity contribution in [1.82, 2.24) is 9.55 Å². The van der Waals surface area contributed by atoms with E-state index in [1.54, 1.807) is 5.48 Å². The number of carbonyl (C=O) groups is 3. The third-order valence-corrected chi connectivity index (χ3v) is 4.37. The molecular weight excluding hydrogens is 459 g/mol. The highest BCUT2D eigenvalue weighted by Gasteiger charge is 2.52. The van der Waals surface area contributed by atoms with Gasteiger partial charge in [0.25, 0.3) is 0 Å². The molecule has 33 heavy (non-hydrogen) atoms. The normalized spacial score (nSPS) is 22.5. The number of alkyl halides is 3. The zero-order valence-corrected chi connectivity index (χ0v) is 17.5. The Balaban J connectivity index is 2.44. The number of hydrogen-bond acceptors (Lipinski definition) is 11. The lowest BCUT2D eigenvalue weighted by molar-refractivity contribution is -0.185. The summed E-state index contributed by atoms with van der Waals surface area (Å²) in [5.41, 5.74) is 0.604. The van der Waals surface area contributed by atoms with Crippen LogP contribution in [0, 0.1) is 0 Å². The average Bonchev–Trinajstić information content (AvgIpc) is 3.06. The Morgan fingerprint density at radius 1 is 1.15 bits per heavy atom. The summed E-state index contributed by atoms with van der Waals surface area (Å²) in [6.45, 7) is 2.46. The number of esters is 3.